The monoisotopic (exact) mass is 356 g/mol. The second-order valence-corrected chi connectivity index (χ2v) is 7.38. The summed E-state index contributed by atoms with van der Waals surface area (Å²) in [6.45, 7) is 6.01. The molecule has 0 atom stereocenters. The Labute approximate surface area is 154 Å². The number of nitrogens with one attached hydrogen (secondary N) is 1. The van der Waals surface area contributed by atoms with Crippen LogP contribution < -0.4 is 10.9 Å². The zero-order valence-electron chi connectivity index (χ0n) is 16.1. The molecule has 0 saturated heterocycles. The first-order valence-electron chi connectivity index (χ1n) is 9.41. The van der Waals surface area contributed by atoms with Crippen molar-refractivity contribution in [2.75, 3.05) is 0 Å². The molecular weight excluding hydrogens is 328 g/mol. The fourth-order valence-electron chi connectivity index (χ4n) is 3.99. The van der Waals surface area contributed by atoms with E-state index in [9.17, 15) is 9.59 Å². The van der Waals surface area contributed by atoms with Gasteiger partial charge >= 0.3 is 0 Å². The van der Waals surface area contributed by atoms with Gasteiger partial charge in [0.2, 0.25) is 0 Å². The smallest absolute Gasteiger partial charge is 0.263 e. The highest BCUT2D eigenvalue weighted by Crippen LogP contribution is 2.28. The van der Waals surface area contributed by atoms with Gasteiger partial charge in [-0.2, -0.15) is 5.10 Å². The number of carbonyl (C=O) groups excluding carboxylic acids is 1. The van der Waals surface area contributed by atoms with Crippen molar-refractivity contribution in [1.82, 2.24) is 19.7 Å². The van der Waals surface area contributed by atoms with Crippen LogP contribution in [0.5, 0.6) is 0 Å². The maximum atomic E-state index is 12.7. The van der Waals surface area contributed by atoms with Crippen LogP contribution in [0.3, 0.4) is 0 Å². The lowest BCUT2D eigenvalue weighted by molar-refractivity contribution is 0.0919. The van der Waals surface area contributed by atoms with Gasteiger partial charge in [-0.05, 0) is 63.1 Å². The topological polar surface area (TPSA) is 68.9 Å². The number of hydrogen-bond acceptors (Lipinski definition) is 3. The van der Waals surface area contributed by atoms with Crippen molar-refractivity contribution in [2.45, 2.75) is 65.0 Å². The number of aryl methyl sites for hydroxylation is 2. The van der Waals surface area contributed by atoms with Crippen molar-refractivity contribution in [3.05, 3.63) is 51.2 Å². The molecule has 6 nitrogen and oxygen atoms in total. The Morgan fingerprint density at radius 3 is 2.54 bits per heavy atom. The summed E-state index contributed by atoms with van der Waals surface area (Å²) in [4.78, 5) is 25.2. The Bertz CT molecular complexity index is 857. The van der Waals surface area contributed by atoms with Gasteiger partial charge in [0, 0.05) is 25.0 Å². The van der Waals surface area contributed by atoms with Crippen molar-refractivity contribution < 1.29 is 4.79 Å². The van der Waals surface area contributed by atoms with E-state index in [1.165, 1.54) is 5.56 Å². The molecule has 6 heteroatoms. The van der Waals surface area contributed by atoms with E-state index in [0.717, 1.165) is 43.4 Å². The summed E-state index contributed by atoms with van der Waals surface area (Å²) in [6, 6.07) is 2.25. The first kappa shape index (κ1) is 18.4. The molecule has 140 valence electrons. The molecular formula is C20H28N4O2. The molecule has 0 spiro atoms. The summed E-state index contributed by atoms with van der Waals surface area (Å²) < 4.78 is 3.64. The molecule has 2 aromatic rings. The molecule has 2 aromatic heterocycles. The Kier molecular flexibility index (Phi) is 5.30. The molecule has 3 rings (SSSR count). The van der Waals surface area contributed by atoms with E-state index in [2.05, 4.69) is 16.6 Å². The lowest BCUT2D eigenvalue weighted by Crippen LogP contribution is -2.41. The summed E-state index contributed by atoms with van der Waals surface area (Å²) in [5, 5.41) is 7.47. The minimum atomic E-state index is -0.255. The molecule has 1 saturated carbocycles. The molecule has 26 heavy (non-hydrogen) atoms. The Morgan fingerprint density at radius 2 is 1.96 bits per heavy atom. The van der Waals surface area contributed by atoms with Crippen LogP contribution in [0.15, 0.2) is 23.3 Å². The van der Waals surface area contributed by atoms with Gasteiger partial charge in [-0.15, -0.1) is 0 Å². The van der Waals surface area contributed by atoms with Gasteiger partial charge in [0.25, 0.3) is 11.5 Å². The maximum Gasteiger partial charge on any atom is 0.263 e. The van der Waals surface area contributed by atoms with Crippen LogP contribution in [0.2, 0.25) is 0 Å². The Balaban J connectivity index is 1.66. The predicted molar refractivity (Wildman–Crippen MR) is 102 cm³/mol. The van der Waals surface area contributed by atoms with Gasteiger partial charge in [-0.3, -0.25) is 14.3 Å². The lowest BCUT2D eigenvalue weighted by atomic mass is 9.91. The number of pyridine rings is 1. The molecule has 1 amide bonds. The number of nitrogens with zero attached hydrogens (tertiary/aromatic N) is 3. The van der Waals surface area contributed by atoms with E-state index in [1.54, 1.807) is 17.7 Å². The second kappa shape index (κ2) is 7.48. The number of aromatic nitrogens is 3. The number of carbonyl (C=O) groups is 1. The molecule has 1 aliphatic rings. The third kappa shape index (κ3) is 3.59. The largest absolute Gasteiger partial charge is 0.349 e. The van der Waals surface area contributed by atoms with Gasteiger partial charge < -0.3 is 9.88 Å². The fourth-order valence-corrected chi connectivity index (χ4v) is 3.99. The van der Waals surface area contributed by atoms with E-state index < -0.39 is 0 Å². The molecule has 0 unspecified atom stereocenters. The third-order valence-corrected chi connectivity index (χ3v) is 5.47. The van der Waals surface area contributed by atoms with Crippen molar-refractivity contribution in [1.29, 1.82) is 0 Å². The van der Waals surface area contributed by atoms with Crippen LogP contribution in [0.1, 0.15) is 65.8 Å². The van der Waals surface area contributed by atoms with E-state index in [1.807, 2.05) is 31.6 Å². The van der Waals surface area contributed by atoms with E-state index in [0.29, 0.717) is 6.04 Å². The Morgan fingerprint density at radius 1 is 1.27 bits per heavy atom. The van der Waals surface area contributed by atoms with Gasteiger partial charge in [0.15, 0.2) is 0 Å². The first-order valence-corrected chi connectivity index (χ1v) is 9.41. The fraction of sp³-hybridized carbons (Fsp3) is 0.550. The summed E-state index contributed by atoms with van der Waals surface area (Å²) in [6.07, 6.45) is 8.51. The SMILES string of the molecule is CCc1c(C)cc(C(=O)NC2CCC(n3cc(C)cn3)CC2)c(=O)n1C. The van der Waals surface area contributed by atoms with Crippen molar-refractivity contribution >= 4 is 5.91 Å². The number of amides is 1. The van der Waals surface area contributed by atoms with E-state index in [-0.39, 0.29) is 23.1 Å². The molecule has 2 heterocycles. The number of rotatable bonds is 4. The minimum Gasteiger partial charge on any atom is -0.349 e. The van der Waals surface area contributed by atoms with Gasteiger partial charge in [0.1, 0.15) is 5.56 Å². The molecule has 1 aliphatic carbocycles. The molecule has 0 aromatic carbocycles. The van der Waals surface area contributed by atoms with Gasteiger partial charge in [-0.1, -0.05) is 6.92 Å². The second-order valence-electron chi connectivity index (χ2n) is 7.38. The van der Waals surface area contributed by atoms with Gasteiger partial charge in [-0.25, -0.2) is 0 Å². The normalized spacial score (nSPS) is 20.2. The molecule has 0 bridgehead atoms. The molecule has 0 radical (unpaired) electrons. The van der Waals surface area contributed by atoms with Crippen LogP contribution in [-0.2, 0) is 13.5 Å². The van der Waals surface area contributed by atoms with Crippen LogP contribution in [-0.4, -0.2) is 26.3 Å². The summed E-state index contributed by atoms with van der Waals surface area (Å²) in [5.41, 5.74) is 3.15. The highest BCUT2D eigenvalue weighted by molar-refractivity contribution is 5.94. The van der Waals surface area contributed by atoms with Crippen LogP contribution in [0.4, 0.5) is 0 Å². The summed E-state index contributed by atoms with van der Waals surface area (Å²) in [7, 11) is 1.74. The summed E-state index contributed by atoms with van der Waals surface area (Å²) in [5.74, 6) is -0.255. The standard InChI is InChI=1S/C20H28N4O2/c1-5-18-14(3)10-17(20(26)23(18)4)19(25)22-15-6-8-16(9-7-15)24-12-13(2)11-21-24/h10-12,15-16H,5-9H2,1-4H3,(H,22,25). The van der Waals surface area contributed by atoms with Crippen molar-refractivity contribution in [3.8, 4) is 0 Å². The highest BCUT2D eigenvalue weighted by atomic mass is 16.2. The maximum absolute atomic E-state index is 12.7. The third-order valence-electron chi connectivity index (χ3n) is 5.47. The van der Waals surface area contributed by atoms with Crippen molar-refractivity contribution in [2.24, 2.45) is 7.05 Å². The highest BCUT2D eigenvalue weighted by Gasteiger charge is 2.25. The number of hydrogen-bond donors (Lipinski definition) is 1. The quantitative estimate of drug-likeness (QED) is 0.916. The average molecular weight is 356 g/mol. The minimum absolute atomic E-state index is 0.117. The van der Waals surface area contributed by atoms with E-state index >= 15 is 0 Å². The zero-order chi connectivity index (χ0) is 18.8. The molecule has 1 fully saturated rings. The summed E-state index contributed by atoms with van der Waals surface area (Å²) >= 11 is 0. The van der Waals surface area contributed by atoms with E-state index in [4.69, 9.17) is 0 Å². The predicted octanol–water partition coefficient (Wildman–Crippen LogP) is 2.67. The molecule has 0 aliphatic heterocycles. The van der Waals surface area contributed by atoms with Crippen LogP contribution in [0.25, 0.3) is 0 Å². The first-order chi connectivity index (χ1) is 12.4. The lowest BCUT2D eigenvalue weighted by Gasteiger charge is -2.29. The van der Waals surface area contributed by atoms with Gasteiger partial charge in [0.05, 0.1) is 12.2 Å². The van der Waals surface area contributed by atoms with Crippen LogP contribution in [0, 0.1) is 13.8 Å². The zero-order valence-corrected chi connectivity index (χ0v) is 16.1. The average Bonchev–Trinajstić information content (AvgIpc) is 3.05. The Hall–Kier alpha value is -2.37. The van der Waals surface area contributed by atoms with Crippen LogP contribution >= 0.6 is 0 Å². The molecule has 1 N–H and O–H groups in total. The van der Waals surface area contributed by atoms with Crippen molar-refractivity contribution in [3.63, 3.8) is 0 Å².